The van der Waals surface area contributed by atoms with Crippen molar-refractivity contribution in [2.45, 2.75) is 25.2 Å². The van der Waals surface area contributed by atoms with Crippen molar-refractivity contribution in [2.24, 2.45) is 0 Å². The molecular formula is C12H16O3S. The third-order valence-electron chi connectivity index (χ3n) is 3.14. The van der Waals surface area contributed by atoms with Crippen molar-refractivity contribution in [3.8, 4) is 0 Å². The summed E-state index contributed by atoms with van der Waals surface area (Å²) in [6, 6.07) is 2.12. The number of hydrogen-bond acceptors (Lipinski definition) is 4. The van der Waals surface area contributed by atoms with Crippen LogP contribution in [0.25, 0.3) is 0 Å². The van der Waals surface area contributed by atoms with Gasteiger partial charge >= 0.3 is 5.97 Å². The Morgan fingerprint density at radius 3 is 2.81 bits per heavy atom. The first kappa shape index (κ1) is 11.6. The van der Waals surface area contributed by atoms with E-state index >= 15 is 0 Å². The summed E-state index contributed by atoms with van der Waals surface area (Å²) in [7, 11) is 1.43. The molecule has 1 aromatic heterocycles. The maximum atomic E-state index is 11.2. The zero-order chi connectivity index (χ0) is 11.6. The molecule has 1 aliphatic heterocycles. The number of thiophene rings is 1. The van der Waals surface area contributed by atoms with Crippen LogP contribution in [-0.2, 0) is 19.7 Å². The van der Waals surface area contributed by atoms with Gasteiger partial charge in [0.15, 0.2) is 0 Å². The number of ether oxygens (including phenoxy) is 2. The first-order valence-electron chi connectivity index (χ1n) is 5.37. The van der Waals surface area contributed by atoms with Crippen LogP contribution in [0.4, 0.5) is 0 Å². The Bertz CT molecular complexity index is 379. The molecule has 0 bridgehead atoms. The number of aryl methyl sites for hydroxylation is 1. The van der Waals surface area contributed by atoms with Gasteiger partial charge in [0.2, 0.25) is 0 Å². The van der Waals surface area contributed by atoms with Gasteiger partial charge in [0.05, 0.1) is 25.7 Å². The third kappa shape index (κ3) is 1.99. The average Bonchev–Trinajstić information content (AvgIpc) is 2.63. The fourth-order valence-corrected chi connectivity index (χ4v) is 3.23. The lowest BCUT2D eigenvalue weighted by molar-refractivity contribution is -0.142. The molecular weight excluding hydrogens is 224 g/mol. The third-order valence-corrected chi connectivity index (χ3v) is 4.40. The van der Waals surface area contributed by atoms with E-state index in [1.54, 1.807) is 11.3 Å². The molecule has 1 saturated heterocycles. The Balaban J connectivity index is 2.08. The maximum absolute atomic E-state index is 11.2. The number of carbonyl (C=O) groups is 1. The number of hydrogen-bond donors (Lipinski definition) is 0. The Hall–Kier alpha value is -0.870. The first-order chi connectivity index (χ1) is 7.68. The molecule has 1 fully saturated rings. The lowest BCUT2D eigenvalue weighted by Crippen LogP contribution is -2.46. The minimum atomic E-state index is -0.138. The molecule has 0 saturated carbocycles. The van der Waals surface area contributed by atoms with Gasteiger partial charge in [0, 0.05) is 11.3 Å². The van der Waals surface area contributed by atoms with Crippen LogP contribution in [0.5, 0.6) is 0 Å². The molecule has 2 rings (SSSR count). The molecule has 0 radical (unpaired) electrons. The van der Waals surface area contributed by atoms with Gasteiger partial charge in [0.25, 0.3) is 0 Å². The molecule has 1 aliphatic rings. The zero-order valence-electron chi connectivity index (χ0n) is 9.62. The quantitative estimate of drug-likeness (QED) is 0.757. The Kier molecular flexibility index (Phi) is 3.30. The highest BCUT2D eigenvalue weighted by Crippen LogP contribution is 2.41. The number of esters is 1. The minimum Gasteiger partial charge on any atom is -0.469 e. The fourth-order valence-electron chi connectivity index (χ4n) is 2.10. The van der Waals surface area contributed by atoms with E-state index in [4.69, 9.17) is 4.74 Å². The summed E-state index contributed by atoms with van der Waals surface area (Å²) < 4.78 is 10.0. The molecule has 2 heterocycles. The van der Waals surface area contributed by atoms with Gasteiger partial charge in [-0.2, -0.15) is 0 Å². The molecule has 16 heavy (non-hydrogen) atoms. The van der Waals surface area contributed by atoms with Gasteiger partial charge in [-0.1, -0.05) is 0 Å². The monoisotopic (exact) mass is 240 g/mol. The second-order valence-corrected chi connectivity index (χ2v) is 5.20. The largest absolute Gasteiger partial charge is 0.469 e. The molecule has 0 N–H and O–H groups in total. The van der Waals surface area contributed by atoms with Gasteiger partial charge < -0.3 is 9.47 Å². The van der Waals surface area contributed by atoms with Gasteiger partial charge in [0.1, 0.15) is 0 Å². The van der Waals surface area contributed by atoms with Crippen LogP contribution < -0.4 is 0 Å². The van der Waals surface area contributed by atoms with Crippen molar-refractivity contribution in [3.63, 3.8) is 0 Å². The van der Waals surface area contributed by atoms with E-state index in [0.29, 0.717) is 6.42 Å². The van der Waals surface area contributed by atoms with E-state index in [-0.39, 0.29) is 11.4 Å². The summed E-state index contributed by atoms with van der Waals surface area (Å²) in [6.07, 6.45) is 1.29. The molecule has 4 heteroatoms. The normalized spacial score (nSPS) is 17.9. The Labute approximate surface area is 99.4 Å². The predicted molar refractivity (Wildman–Crippen MR) is 62.8 cm³/mol. The lowest BCUT2D eigenvalue weighted by Gasteiger charge is -2.41. The topological polar surface area (TPSA) is 35.5 Å². The van der Waals surface area contributed by atoms with Crippen molar-refractivity contribution in [3.05, 3.63) is 21.9 Å². The van der Waals surface area contributed by atoms with Gasteiger partial charge in [-0.3, -0.25) is 4.79 Å². The molecule has 0 aliphatic carbocycles. The molecule has 0 amide bonds. The van der Waals surface area contributed by atoms with Crippen molar-refractivity contribution >= 4 is 17.3 Å². The molecule has 0 spiro atoms. The smallest absolute Gasteiger partial charge is 0.305 e. The summed E-state index contributed by atoms with van der Waals surface area (Å²) in [5, 5.41) is 2.10. The summed E-state index contributed by atoms with van der Waals surface area (Å²) in [4.78, 5) is 12.6. The molecule has 0 atom stereocenters. The van der Waals surface area contributed by atoms with Crippen LogP contribution in [0.1, 0.15) is 23.3 Å². The van der Waals surface area contributed by atoms with Crippen LogP contribution in [0.2, 0.25) is 0 Å². The second kappa shape index (κ2) is 4.55. The second-order valence-electron chi connectivity index (χ2n) is 4.28. The highest BCUT2D eigenvalue weighted by Gasteiger charge is 2.42. The summed E-state index contributed by atoms with van der Waals surface area (Å²) in [5.41, 5.74) is 1.37. The highest BCUT2D eigenvalue weighted by atomic mass is 32.1. The number of rotatable bonds is 4. The van der Waals surface area contributed by atoms with Crippen molar-refractivity contribution in [2.75, 3.05) is 20.3 Å². The lowest BCUT2D eigenvalue weighted by atomic mass is 9.78. The first-order valence-corrected chi connectivity index (χ1v) is 6.25. The Morgan fingerprint density at radius 2 is 2.38 bits per heavy atom. The van der Waals surface area contributed by atoms with Gasteiger partial charge in [-0.15, -0.1) is 11.3 Å². The van der Waals surface area contributed by atoms with E-state index in [2.05, 4.69) is 23.1 Å². The van der Waals surface area contributed by atoms with Gasteiger partial charge in [-0.25, -0.2) is 0 Å². The average molecular weight is 240 g/mol. The SMILES string of the molecule is COC(=O)CCC1(c2sccc2C)COC1. The van der Waals surface area contributed by atoms with Gasteiger partial charge in [-0.05, 0) is 30.4 Å². The van der Waals surface area contributed by atoms with Crippen LogP contribution in [0, 0.1) is 6.92 Å². The summed E-state index contributed by atoms with van der Waals surface area (Å²) in [5.74, 6) is -0.138. The molecule has 3 nitrogen and oxygen atoms in total. The molecule has 1 aromatic rings. The van der Waals surface area contributed by atoms with Crippen molar-refractivity contribution < 1.29 is 14.3 Å². The van der Waals surface area contributed by atoms with E-state index in [1.165, 1.54) is 17.6 Å². The molecule has 0 aromatic carbocycles. The maximum Gasteiger partial charge on any atom is 0.305 e. The summed E-state index contributed by atoms with van der Waals surface area (Å²) >= 11 is 1.76. The van der Waals surface area contributed by atoms with E-state index in [1.807, 2.05) is 0 Å². The van der Waals surface area contributed by atoms with Crippen molar-refractivity contribution in [1.29, 1.82) is 0 Å². The number of carbonyl (C=O) groups excluding carboxylic acids is 1. The minimum absolute atomic E-state index is 0.0619. The predicted octanol–water partition coefficient (Wildman–Crippen LogP) is 2.28. The van der Waals surface area contributed by atoms with Crippen LogP contribution in [0.3, 0.4) is 0 Å². The fraction of sp³-hybridized carbons (Fsp3) is 0.583. The van der Waals surface area contributed by atoms with Crippen LogP contribution in [-0.4, -0.2) is 26.3 Å². The van der Waals surface area contributed by atoms with E-state index < -0.39 is 0 Å². The van der Waals surface area contributed by atoms with E-state index in [9.17, 15) is 4.79 Å². The van der Waals surface area contributed by atoms with Crippen LogP contribution in [0.15, 0.2) is 11.4 Å². The van der Waals surface area contributed by atoms with E-state index in [0.717, 1.165) is 19.6 Å². The highest BCUT2D eigenvalue weighted by molar-refractivity contribution is 7.10. The number of methoxy groups -OCH3 is 1. The summed E-state index contributed by atoms with van der Waals surface area (Å²) in [6.45, 7) is 3.57. The van der Waals surface area contributed by atoms with Crippen LogP contribution >= 0.6 is 11.3 Å². The van der Waals surface area contributed by atoms with Crippen molar-refractivity contribution in [1.82, 2.24) is 0 Å². The molecule has 88 valence electrons. The molecule has 0 unspecified atom stereocenters. The standard InChI is InChI=1S/C12H16O3S/c1-9-4-6-16-11(9)12(7-15-8-12)5-3-10(13)14-2/h4,6H,3,5,7-8H2,1-2H3. The Morgan fingerprint density at radius 1 is 1.62 bits per heavy atom. The zero-order valence-corrected chi connectivity index (χ0v) is 10.4.